The average molecular weight is 759 g/mol. The molecule has 0 aliphatic heterocycles. The number of nitrogens with zero attached hydrogens (tertiary/aromatic N) is 2. The normalized spacial score (nSPS) is 12.8. The van der Waals surface area contributed by atoms with E-state index in [1.807, 2.05) is 53.9 Å². The summed E-state index contributed by atoms with van der Waals surface area (Å²) in [6.45, 7) is 3.77. The predicted molar refractivity (Wildman–Crippen MR) is 161 cm³/mol. The standard InChI is InChI=1S/C13H11NO4S.C12H9NO2.C2F6O5S2/c1-8-6-7-10-9-4-3-5-11(18-19(2,15)16)12(9)17-13(10)14-8;1-7-5-6-9-8-3-2-4-10(14)11(8)15-12(9)13-7;3-1(4,5)14(9,10)13-15(11,12)2(6,7)8/h3-7H,1-2H3;2-6,14H,1H3;. The van der Waals surface area contributed by atoms with E-state index in [9.17, 15) is 56.7 Å². The Kier molecular flexibility index (Phi) is 9.84. The van der Waals surface area contributed by atoms with Crippen LogP contribution in [0.15, 0.2) is 69.5 Å². The number of furan rings is 2. The molecule has 264 valence electrons. The lowest BCUT2D eigenvalue weighted by molar-refractivity contribution is -0.0585. The summed E-state index contributed by atoms with van der Waals surface area (Å²) in [4.78, 5) is 8.55. The average Bonchev–Trinajstić information content (AvgIpc) is 3.50. The van der Waals surface area contributed by atoms with Gasteiger partial charge in [0.25, 0.3) is 0 Å². The summed E-state index contributed by atoms with van der Waals surface area (Å²) in [7, 11) is -17.3. The molecule has 4 heterocycles. The molecule has 0 saturated carbocycles. The van der Waals surface area contributed by atoms with Crippen molar-refractivity contribution in [3.05, 3.63) is 72.1 Å². The maximum atomic E-state index is 11.4. The fourth-order valence-electron chi connectivity index (χ4n) is 3.93. The van der Waals surface area contributed by atoms with Crippen molar-refractivity contribution in [2.75, 3.05) is 6.26 Å². The molecule has 0 atom stereocenters. The number of aromatic hydroxyl groups is 1. The minimum atomic E-state index is -6.85. The van der Waals surface area contributed by atoms with Gasteiger partial charge in [0.1, 0.15) is 0 Å². The number of pyridine rings is 2. The van der Waals surface area contributed by atoms with E-state index in [0.717, 1.165) is 39.2 Å². The quantitative estimate of drug-likeness (QED) is 0.119. The highest BCUT2D eigenvalue weighted by Gasteiger charge is 2.57. The number of phenols is 1. The van der Waals surface area contributed by atoms with E-state index < -0.39 is 41.4 Å². The van der Waals surface area contributed by atoms with Crippen LogP contribution in [0.25, 0.3) is 44.1 Å². The molecule has 49 heavy (non-hydrogen) atoms. The number of alkyl halides is 6. The summed E-state index contributed by atoms with van der Waals surface area (Å²) in [6, 6.07) is 18.1. The highest BCUT2D eigenvalue weighted by Crippen LogP contribution is 2.35. The molecular weight excluding hydrogens is 738 g/mol. The number of benzene rings is 2. The van der Waals surface area contributed by atoms with Crippen LogP contribution in [0.1, 0.15) is 11.4 Å². The van der Waals surface area contributed by atoms with E-state index in [1.165, 1.54) is 0 Å². The Morgan fingerprint density at radius 2 is 1.06 bits per heavy atom. The Balaban J connectivity index is 0.000000168. The number of hydrogen-bond donors (Lipinski definition) is 1. The topological polar surface area (TPSA) is 193 Å². The minimum absolute atomic E-state index is 0.156. The maximum Gasteiger partial charge on any atom is 0.524 e. The third-order valence-corrected chi connectivity index (χ3v) is 8.99. The molecule has 6 rings (SSSR count). The largest absolute Gasteiger partial charge is 0.524 e. The van der Waals surface area contributed by atoms with Gasteiger partial charge in [-0.15, -0.1) is 3.63 Å². The van der Waals surface area contributed by atoms with Crippen LogP contribution in [-0.2, 0) is 34.0 Å². The molecule has 6 aromatic rings. The van der Waals surface area contributed by atoms with Crippen molar-refractivity contribution >= 4 is 74.5 Å². The van der Waals surface area contributed by atoms with Gasteiger partial charge in [-0.2, -0.15) is 51.6 Å². The summed E-state index contributed by atoms with van der Waals surface area (Å²) in [5.41, 5.74) is -8.84. The van der Waals surface area contributed by atoms with Crippen molar-refractivity contribution in [1.82, 2.24) is 9.97 Å². The Morgan fingerprint density at radius 3 is 1.51 bits per heavy atom. The molecule has 0 bridgehead atoms. The highest BCUT2D eigenvalue weighted by molar-refractivity contribution is 8.00. The molecule has 4 aromatic heterocycles. The molecule has 2 aromatic carbocycles. The Hall–Kier alpha value is -4.67. The number of aromatic nitrogens is 2. The molecule has 0 unspecified atom stereocenters. The van der Waals surface area contributed by atoms with Crippen LogP contribution in [0, 0.1) is 13.8 Å². The number of aryl methyl sites for hydroxylation is 2. The molecule has 0 fully saturated rings. The SMILES string of the molecule is Cc1ccc2c(n1)oc1c(O)cccc12.Cc1ccc2c(n1)oc1c(OS(C)(=O)=O)cccc12.O=S(=O)(OS(=O)(=O)C(F)(F)F)C(F)(F)F. The minimum Gasteiger partial charge on any atom is -0.504 e. The van der Waals surface area contributed by atoms with Crippen LogP contribution in [0.5, 0.6) is 11.5 Å². The van der Waals surface area contributed by atoms with Crippen molar-refractivity contribution in [3.63, 3.8) is 0 Å². The van der Waals surface area contributed by atoms with Crippen LogP contribution in [-0.4, -0.2) is 57.6 Å². The molecular formula is C27H20F6N2O11S3. The molecule has 0 aliphatic carbocycles. The van der Waals surface area contributed by atoms with Gasteiger partial charge < -0.3 is 18.1 Å². The van der Waals surface area contributed by atoms with Gasteiger partial charge in [0.15, 0.2) is 22.7 Å². The van der Waals surface area contributed by atoms with Gasteiger partial charge in [-0.25, -0.2) is 9.97 Å². The first-order chi connectivity index (χ1) is 22.4. The van der Waals surface area contributed by atoms with Crippen LogP contribution in [0.3, 0.4) is 0 Å². The lowest BCUT2D eigenvalue weighted by Crippen LogP contribution is -2.34. The van der Waals surface area contributed by atoms with E-state index in [2.05, 4.69) is 9.97 Å². The Bertz CT molecular complexity index is 2480. The maximum absolute atomic E-state index is 11.4. The van der Waals surface area contributed by atoms with E-state index in [-0.39, 0.29) is 11.5 Å². The van der Waals surface area contributed by atoms with E-state index in [1.54, 1.807) is 24.3 Å². The third kappa shape index (κ3) is 8.32. The van der Waals surface area contributed by atoms with Gasteiger partial charge in [-0.1, -0.05) is 24.3 Å². The fraction of sp³-hybridized carbons (Fsp3) is 0.185. The third-order valence-electron chi connectivity index (χ3n) is 5.94. The first kappa shape index (κ1) is 37.2. The monoisotopic (exact) mass is 758 g/mol. The van der Waals surface area contributed by atoms with Crippen LogP contribution < -0.4 is 4.18 Å². The van der Waals surface area contributed by atoms with Crippen molar-refractivity contribution in [3.8, 4) is 11.5 Å². The zero-order valence-electron chi connectivity index (χ0n) is 24.7. The molecule has 22 heteroatoms. The Labute approximate surface area is 272 Å². The van der Waals surface area contributed by atoms with Crippen molar-refractivity contribution < 1.29 is 73.3 Å². The number of halogens is 6. The lowest BCUT2D eigenvalue weighted by Gasteiger charge is -2.09. The first-order valence-corrected chi connectivity index (χ1v) is 17.5. The number of fused-ring (bicyclic) bond motifs is 6. The molecule has 0 radical (unpaired) electrons. The van der Waals surface area contributed by atoms with Gasteiger partial charge >= 0.3 is 41.4 Å². The second-order valence-corrected chi connectivity index (χ2v) is 14.6. The van der Waals surface area contributed by atoms with E-state index >= 15 is 0 Å². The van der Waals surface area contributed by atoms with Gasteiger partial charge in [0.2, 0.25) is 11.4 Å². The summed E-state index contributed by atoms with van der Waals surface area (Å²) < 4.78 is 149. The summed E-state index contributed by atoms with van der Waals surface area (Å²) in [5, 5.41) is 13.1. The van der Waals surface area contributed by atoms with Gasteiger partial charge in [-0.05, 0) is 50.2 Å². The first-order valence-electron chi connectivity index (χ1n) is 12.9. The zero-order valence-corrected chi connectivity index (χ0v) is 27.1. The van der Waals surface area contributed by atoms with Gasteiger partial charge in [0.05, 0.1) is 6.26 Å². The molecule has 0 saturated heterocycles. The summed E-state index contributed by atoms with van der Waals surface area (Å²) >= 11 is 0. The lowest BCUT2D eigenvalue weighted by atomic mass is 10.2. The van der Waals surface area contributed by atoms with Crippen molar-refractivity contribution in [1.29, 1.82) is 0 Å². The summed E-state index contributed by atoms with van der Waals surface area (Å²) in [6.07, 6.45) is 0.997. The van der Waals surface area contributed by atoms with E-state index in [0.29, 0.717) is 22.6 Å². The fourth-order valence-corrected chi connectivity index (χ4v) is 5.94. The van der Waals surface area contributed by atoms with Crippen LogP contribution in [0.4, 0.5) is 26.3 Å². The van der Waals surface area contributed by atoms with Crippen LogP contribution in [0.2, 0.25) is 0 Å². The number of rotatable bonds is 4. The highest BCUT2D eigenvalue weighted by atomic mass is 32.3. The molecule has 1 N–H and O–H groups in total. The molecule has 13 nitrogen and oxygen atoms in total. The van der Waals surface area contributed by atoms with E-state index in [4.69, 9.17) is 13.0 Å². The predicted octanol–water partition coefficient (Wildman–Crippen LogP) is 6.33. The number of phenolic OH excluding ortho intramolecular Hbond substituents is 1. The second kappa shape index (κ2) is 13.0. The van der Waals surface area contributed by atoms with Crippen molar-refractivity contribution in [2.45, 2.75) is 24.9 Å². The van der Waals surface area contributed by atoms with Gasteiger partial charge in [0, 0.05) is 32.9 Å². The number of hydrogen-bond acceptors (Lipinski definition) is 13. The van der Waals surface area contributed by atoms with Gasteiger partial charge in [-0.3, -0.25) is 0 Å². The van der Waals surface area contributed by atoms with Crippen molar-refractivity contribution in [2.24, 2.45) is 0 Å². The number of para-hydroxylation sites is 2. The van der Waals surface area contributed by atoms with Crippen LogP contribution >= 0.6 is 0 Å². The molecule has 0 amide bonds. The zero-order chi connectivity index (χ0) is 36.7. The second-order valence-electron chi connectivity index (χ2n) is 9.76. The molecule has 0 aliphatic rings. The smallest absolute Gasteiger partial charge is 0.504 e. The molecule has 0 spiro atoms. The summed E-state index contributed by atoms with van der Waals surface area (Å²) in [5.74, 6) is 0.332. The Morgan fingerprint density at radius 1 is 0.633 bits per heavy atom.